The molecular formula is C18H22FN3O4S. The lowest BCUT2D eigenvalue weighted by molar-refractivity contribution is -0.120. The molecule has 1 amide bonds. The molecule has 1 saturated heterocycles. The van der Waals surface area contributed by atoms with Gasteiger partial charge < -0.3 is 9.84 Å². The van der Waals surface area contributed by atoms with Crippen LogP contribution in [0.1, 0.15) is 29.9 Å². The zero-order chi connectivity index (χ0) is 19.8. The molecule has 0 bridgehead atoms. The van der Waals surface area contributed by atoms with Gasteiger partial charge in [0.1, 0.15) is 16.4 Å². The SMILES string of the molecule is Cc1ccc(F)cc1NC(=O)[C@@H]1CCCN(S(=O)(=O)c2c(C)noc2C)C1. The van der Waals surface area contributed by atoms with Crippen molar-refractivity contribution in [2.45, 2.75) is 38.5 Å². The molecule has 1 aliphatic rings. The first kappa shape index (κ1) is 19.5. The van der Waals surface area contributed by atoms with E-state index in [1.807, 2.05) is 0 Å². The predicted molar refractivity (Wildman–Crippen MR) is 97.2 cm³/mol. The third kappa shape index (κ3) is 3.89. The maximum Gasteiger partial charge on any atom is 0.248 e. The monoisotopic (exact) mass is 395 g/mol. The Bertz CT molecular complexity index is 951. The average molecular weight is 395 g/mol. The van der Waals surface area contributed by atoms with Crippen molar-refractivity contribution in [3.63, 3.8) is 0 Å². The number of amides is 1. The Morgan fingerprint density at radius 1 is 1.33 bits per heavy atom. The van der Waals surface area contributed by atoms with Gasteiger partial charge in [-0.25, -0.2) is 12.8 Å². The predicted octanol–water partition coefficient (Wildman–Crippen LogP) is 2.78. The number of carbonyl (C=O) groups is 1. The minimum Gasteiger partial charge on any atom is -0.360 e. The van der Waals surface area contributed by atoms with Crippen LogP contribution in [0.25, 0.3) is 0 Å². The van der Waals surface area contributed by atoms with Crippen LogP contribution in [0.3, 0.4) is 0 Å². The minimum absolute atomic E-state index is 0.0598. The summed E-state index contributed by atoms with van der Waals surface area (Å²) in [5.41, 5.74) is 1.43. The molecule has 1 atom stereocenters. The van der Waals surface area contributed by atoms with Gasteiger partial charge in [-0.2, -0.15) is 4.31 Å². The largest absolute Gasteiger partial charge is 0.360 e. The molecule has 1 N–H and O–H groups in total. The fraction of sp³-hybridized carbons (Fsp3) is 0.444. The summed E-state index contributed by atoms with van der Waals surface area (Å²) in [6, 6.07) is 4.16. The van der Waals surface area contributed by atoms with Crippen LogP contribution in [0.15, 0.2) is 27.6 Å². The molecule has 1 aliphatic heterocycles. The van der Waals surface area contributed by atoms with Crippen molar-refractivity contribution in [1.82, 2.24) is 9.46 Å². The topological polar surface area (TPSA) is 92.5 Å². The molecule has 0 spiro atoms. The van der Waals surface area contributed by atoms with E-state index in [9.17, 15) is 17.6 Å². The Hall–Kier alpha value is -2.26. The molecule has 9 heteroatoms. The second-order valence-corrected chi connectivity index (χ2v) is 8.68. The Morgan fingerprint density at radius 2 is 2.07 bits per heavy atom. The number of aromatic nitrogens is 1. The van der Waals surface area contributed by atoms with Crippen LogP contribution < -0.4 is 5.32 Å². The second-order valence-electron chi connectivity index (χ2n) is 6.80. The van der Waals surface area contributed by atoms with Crippen LogP contribution in [0, 0.1) is 32.5 Å². The van der Waals surface area contributed by atoms with Crippen molar-refractivity contribution in [3.05, 3.63) is 41.0 Å². The van der Waals surface area contributed by atoms with Crippen molar-refractivity contribution < 1.29 is 22.1 Å². The average Bonchev–Trinajstić information content (AvgIpc) is 2.97. The van der Waals surface area contributed by atoms with E-state index in [0.717, 1.165) is 5.56 Å². The molecular weight excluding hydrogens is 373 g/mol. The van der Waals surface area contributed by atoms with Crippen LogP contribution in [-0.2, 0) is 14.8 Å². The van der Waals surface area contributed by atoms with Crippen molar-refractivity contribution in [3.8, 4) is 0 Å². The molecule has 146 valence electrons. The van der Waals surface area contributed by atoms with E-state index in [-0.39, 0.29) is 23.1 Å². The molecule has 1 fully saturated rings. The van der Waals surface area contributed by atoms with Gasteiger partial charge in [-0.3, -0.25) is 4.79 Å². The molecule has 0 unspecified atom stereocenters. The lowest BCUT2D eigenvalue weighted by atomic mass is 9.98. The molecule has 1 aromatic carbocycles. The molecule has 1 aromatic heterocycles. The molecule has 0 radical (unpaired) electrons. The Labute approximate surface area is 157 Å². The van der Waals surface area contributed by atoms with Crippen LogP contribution >= 0.6 is 0 Å². The van der Waals surface area contributed by atoms with Crippen LogP contribution in [0.5, 0.6) is 0 Å². The van der Waals surface area contributed by atoms with Crippen LogP contribution in [0.2, 0.25) is 0 Å². The summed E-state index contributed by atoms with van der Waals surface area (Å²) >= 11 is 0. The van der Waals surface area contributed by atoms with Crippen molar-refractivity contribution in [1.29, 1.82) is 0 Å². The summed E-state index contributed by atoms with van der Waals surface area (Å²) in [6.45, 7) is 5.28. The number of rotatable bonds is 4. The van der Waals surface area contributed by atoms with Crippen molar-refractivity contribution in [2.75, 3.05) is 18.4 Å². The van der Waals surface area contributed by atoms with Gasteiger partial charge in [0.15, 0.2) is 5.76 Å². The lowest BCUT2D eigenvalue weighted by Crippen LogP contribution is -2.44. The fourth-order valence-electron chi connectivity index (χ4n) is 3.31. The zero-order valence-corrected chi connectivity index (χ0v) is 16.3. The first-order valence-corrected chi connectivity index (χ1v) is 10.1. The second kappa shape index (κ2) is 7.40. The Morgan fingerprint density at radius 3 is 2.74 bits per heavy atom. The normalized spacial score (nSPS) is 18.4. The van der Waals surface area contributed by atoms with E-state index in [2.05, 4.69) is 10.5 Å². The third-order valence-corrected chi connectivity index (χ3v) is 6.89. The van der Waals surface area contributed by atoms with Crippen LogP contribution in [0.4, 0.5) is 10.1 Å². The maximum absolute atomic E-state index is 13.4. The first-order valence-electron chi connectivity index (χ1n) is 8.70. The van der Waals surface area contributed by atoms with E-state index >= 15 is 0 Å². The number of sulfonamides is 1. The molecule has 7 nitrogen and oxygen atoms in total. The van der Waals surface area contributed by atoms with Crippen LogP contribution in [-0.4, -0.2) is 36.9 Å². The molecule has 2 heterocycles. The van der Waals surface area contributed by atoms with Gasteiger partial charge in [-0.05, 0) is 51.3 Å². The summed E-state index contributed by atoms with van der Waals surface area (Å²) in [7, 11) is -3.80. The van der Waals surface area contributed by atoms with E-state index in [1.54, 1.807) is 26.8 Å². The summed E-state index contributed by atoms with van der Waals surface area (Å²) in [4.78, 5) is 12.7. The molecule has 0 saturated carbocycles. The van der Waals surface area contributed by atoms with Gasteiger partial charge in [0.05, 0.1) is 5.92 Å². The van der Waals surface area contributed by atoms with E-state index in [0.29, 0.717) is 30.8 Å². The van der Waals surface area contributed by atoms with Crippen molar-refractivity contribution in [2.24, 2.45) is 5.92 Å². The fourth-order valence-corrected chi connectivity index (χ4v) is 5.13. The van der Waals surface area contributed by atoms with E-state index in [4.69, 9.17) is 4.52 Å². The van der Waals surface area contributed by atoms with Gasteiger partial charge in [-0.1, -0.05) is 11.2 Å². The summed E-state index contributed by atoms with van der Waals surface area (Å²) in [5.74, 6) is -1.05. The number of aryl methyl sites for hydroxylation is 3. The number of nitrogens with zero attached hydrogens (tertiary/aromatic N) is 2. The van der Waals surface area contributed by atoms with Gasteiger partial charge in [0.25, 0.3) is 0 Å². The quantitative estimate of drug-likeness (QED) is 0.859. The Kier molecular flexibility index (Phi) is 5.34. The molecule has 3 rings (SSSR count). The summed E-state index contributed by atoms with van der Waals surface area (Å²) in [6.07, 6.45) is 1.12. The first-order chi connectivity index (χ1) is 12.7. The number of piperidine rings is 1. The smallest absolute Gasteiger partial charge is 0.248 e. The summed E-state index contributed by atoms with van der Waals surface area (Å²) < 4.78 is 45.6. The number of anilines is 1. The third-order valence-electron chi connectivity index (χ3n) is 4.78. The van der Waals surface area contributed by atoms with Gasteiger partial charge in [-0.15, -0.1) is 0 Å². The Balaban J connectivity index is 1.78. The highest BCUT2D eigenvalue weighted by Crippen LogP contribution is 2.28. The highest BCUT2D eigenvalue weighted by Gasteiger charge is 2.36. The number of hydrogen-bond donors (Lipinski definition) is 1. The zero-order valence-electron chi connectivity index (χ0n) is 15.5. The minimum atomic E-state index is -3.80. The van der Waals surface area contributed by atoms with Gasteiger partial charge in [0, 0.05) is 18.8 Å². The number of carbonyl (C=O) groups excluding carboxylic acids is 1. The highest BCUT2D eigenvalue weighted by atomic mass is 32.2. The molecule has 27 heavy (non-hydrogen) atoms. The maximum atomic E-state index is 13.4. The number of hydrogen-bond acceptors (Lipinski definition) is 5. The molecule has 0 aliphatic carbocycles. The van der Waals surface area contributed by atoms with Gasteiger partial charge >= 0.3 is 0 Å². The summed E-state index contributed by atoms with van der Waals surface area (Å²) in [5, 5.41) is 6.43. The van der Waals surface area contributed by atoms with Crippen molar-refractivity contribution >= 4 is 21.6 Å². The van der Waals surface area contributed by atoms with E-state index < -0.39 is 21.8 Å². The lowest BCUT2D eigenvalue weighted by Gasteiger charge is -2.31. The van der Waals surface area contributed by atoms with E-state index in [1.165, 1.54) is 16.4 Å². The number of halogens is 1. The number of benzene rings is 1. The highest BCUT2D eigenvalue weighted by molar-refractivity contribution is 7.89. The number of nitrogens with one attached hydrogen (secondary N) is 1. The standard InChI is InChI=1S/C18H22FN3O4S/c1-11-6-7-15(19)9-16(11)20-18(23)14-5-4-8-22(10-14)27(24,25)17-12(2)21-26-13(17)3/h6-7,9,14H,4-5,8,10H2,1-3H3,(H,20,23)/t14-/m1/s1. The van der Waals surface area contributed by atoms with Gasteiger partial charge in [0.2, 0.25) is 15.9 Å². The molecule has 2 aromatic rings.